The summed E-state index contributed by atoms with van der Waals surface area (Å²) in [4.78, 5) is 18.0. The number of amides is 1. The fourth-order valence-electron chi connectivity index (χ4n) is 3.29. The molecule has 0 radical (unpaired) electrons. The van der Waals surface area contributed by atoms with Crippen molar-refractivity contribution in [3.8, 4) is 5.75 Å². The Labute approximate surface area is 206 Å². The van der Waals surface area contributed by atoms with Crippen LogP contribution in [0.5, 0.6) is 5.75 Å². The second-order valence-electron chi connectivity index (χ2n) is 7.42. The van der Waals surface area contributed by atoms with Gasteiger partial charge in [0.15, 0.2) is 5.96 Å². The summed E-state index contributed by atoms with van der Waals surface area (Å²) in [6.07, 6.45) is 1.62. The molecular weight excluding hydrogens is 527 g/mol. The SMILES string of the molecule is CN=C(NCc1ccc(CN2CCCC2=O)cc1)NCC(C)Oc1ccc(Cl)cc1.I. The molecule has 31 heavy (non-hydrogen) atoms. The molecule has 2 aromatic rings. The van der Waals surface area contributed by atoms with E-state index in [1.165, 1.54) is 0 Å². The Balaban J connectivity index is 0.00000341. The van der Waals surface area contributed by atoms with Gasteiger partial charge in [0.25, 0.3) is 0 Å². The topological polar surface area (TPSA) is 66.0 Å². The van der Waals surface area contributed by atoms with Gasteiger partial charge in [-0.2, -0.15) is 0 Å². The first-order valence-corrected chi connectivity index (χ1v) is 10.6. The number of ether oxygens (including phenoxy) is 1. The van der Waals surface area contributed by atoms with E-state index in [1.54, 1.807) is 7.05 Å². The van der Waals surface area contributed by atoms with Crippen molar-refractivity contribution in [2.24, 2.45) is 4.99 Å². The van der Waals surface area contributed by atoms with Crippen LogP contribution in [0.4, 0.5) is 0 Å². The van der Waals surface area contributed by atoms with Crippen LogP contribution in [0.15, 0.2) is 53.5 Å². The van der Waals surface area contributed by atoms with E-state index in [-0.39, 0.29) is 36.0 Å². The number of halogens is 2. The van der Waals surface area contributed by atoms with E-state index in [1.807, 2.05) is 36.1 Å². The van der Waals surface area contributed by atoms with Gasteiger partial charge in [0.2, 0.25) is 5.91 Å². The van der Waals surface area contributed by atoms with Crippen LogP contribution in [0.1, 0.15) is 30.9 Å². The summed E-state index contributed by atoms with van der Waals surface area (Å²) in [5, 5.41) is 7.28. The van der Waals surface area contributed by atoms with E-state index in [0.717, 1.165) is 29.8 Å². The predicted molar refractivity (Wildman–Crippen MR) is 136 cm³/mol. The molecule has 1 amide bonds. The zero-order valence-electron chi connectivity index (χ0n) is 17.9. The van der Waals surface area contributed by atoms with Crippen LogP contribution in [0.3, 0.4) is 0 Å². The average molecular weight is 557 g/mol. The number of carbonyl (C=O) groups is 1. The molecule has 0 bridgehead atoms. The Bertz CT molecular complexity index is 859. The maximum absolute atomic E-state index is 11.8. The predicted octanol–water partition coefficient (Wildman–Crippen LogP) is 4.21. The average Bonchev–Trinajstić information content (AvgIpc) is 3.15. The van der Waals surface area contributed by atoms with Gasteiger partial charge in [0.05, 0.1) is 6.54 Å². The molecule has 1 saturated heterocycles. The van der Waals surface area contributed by atoms with Gasteiger partial charge < -0.3 is 20.3 Å². The van der Waals surface area contributed by atoms with Crippen LogP contribution < -0.4 is 15.4 Å². The highest BCUT2D eigenvalue weighted by atomic mass is 127. The number of likely N-dealkylation sites (tertiary alicyclic amines) is 1. The molecule has 1 heterocycles. The number of benzene rings is 2. The number of hydrogen-bond donors (Lipinski definition) is 2. The molecule has 1 fully saturated rings. The number of hydrogen-bond acceptors (Lipinski definition) is 3. The number of aliphatic imine (C=N–C) groups is 1. The molecule has 8 heteroatoms. The summed E-state index contributed by atoms with van der Waals surface area (Å²) in [5.41, 5.74) is 2.31. The number of guanidine groups is 1. The van der Waals surface area contributed by atoms with E-state index >= 15 is 0 Å². The van der Waals surface area contributed by atoms with Crippen LogP contribution in [0.2, 0.25) is 5.02 Å². The lowest BCUT2D eigenvalue weighted by molar-refractivity contribution is -0.128. The van der Waals surface area contributed by atoms with Gasteiger partial charge in [-0.3, -0.25) is 9.79 Å². The van der Waals surface area contributed by atoms with Gasteiger partial charge in [0, 0.05) is 38.1 Å². The molecule has 1 aliphatic heterocycles. The molecule has 1 aliphatic rings. The fraction of sp³-hybridized carbons (Fsp3) is 0.391. The van der Waals surface area contributed by atoms with Gasteiger partial charge in [-0.25, -0.2) is 0 Å². The van der Waals surface area contributed by atoms with Crippen molar-refractivity contribution in [3.05, 3.63) is 64.7 Å². The number of rotatable bonds is 8. The van der Waals surface area contributed by atoms with Gasteiger partial charge in [-0.05, 0) is 48.7 Å². The molecule has 0 saturated carbocycles. The highest BCUT2D eigenvalue weighted by Gasteiger charge is 2.19. The van der Waals surface area contributed by atoms with Crippen LogP contribution in [-0.2, 0) is 17.9 Å². The largest absolute Gasteiger partial charge is 0.489 e. The van der Waals surface area contributed by atoms with E-state index in [0.29, 0.717) is 37.0 Å². The Morgan fingerprint density at radius 1 is 1.13 bits per heavy atom. The first-order chi connectivity index (χ1) is 14.5. The third-order valence-electron chi connectivity index (χ3n) is 4.96. The smallest absolute Gasteiger partial charge is 0.222 e. The van der Waals surface area contributed by atoms with E-state index < -0.39 is 0 Å². The van der Waals surface area contributed by atoms with Crippen molar-refractivity contribution in [3.63, 3.8) is 0 Å². The van der Waals surface area contributed by atoms with E-state index in [9.17, 15) is 4.79 Å². The van der Waals surface area contributed by atoms with Crippen LogP contribution >= 0.6 is 35.6 Å². The third-order valence-corrected chi connectivity index (χ3v) is 5.21. The Hall–Kier alpha value is -2.00. The second kappa shape index (κ2) is 12.8. The molecule has 2 N–H and O–H groups in total. The van der Waals surface area contributed by atoms with Crippen molar-refractivity contribution < 1.29 is 9.53 Å². The third kappa shape index (κ3) is 8.22. The quantitative estimate of drug-likeness (QED) is 0.290. The monoisotopic (exact) mass is 556 g/mol. The molecule has 6 nitrogen and oxygen atoms in total. The summed E-state index contributed by atoms with van der Waals surface area (Å²) in [6, 6.07) is 15.7. The highest BCUT2D eigenvalue weighted by Crippen LogP contribution is 2.17. The van der Waals surface area contributed by atoms with E-state index in [4.69, 9.17) is 16.3 Å². The van der Waals surface area contributed by atoms with Crippen molar-refractivity contribution in [2.45, 2.75) is 39.0 Å². The Kier molecular flexibility index (Phi) is 10.4. The number of nitrogens with one attached hydrogen (secondary N) is 2. The van der Waals surface area contributed by atoms with Crippen LogP contribution in [-0.4, -0.2) is 43.0 Å². The summed E-state index contributed by atoms with van der Waals surface area (Å²) >= 11 is 5.90. The van der Waals surface area contributed by atoms with Crippen molar-refractivity contribution in [1.29, 1.82) is 0 Å². The van der Waals surface area contributed by atoms with Crippen LogP contribution in [0, 0.1) is 0 Å². The lowest BCUT2D eigenvalue weighted by atomic mass is 10.1. The summed E-state index contributed by atoms with van der Waals surface area (Å²) in [7, 11) is 1.75. The molecule has 1 unspecified atom stereocenters. The summed E-state index contributed by atoms with van der Waals surface area (Å²) < 4.78 is 5.87. The molecule has 2 aromatic carbocycles. The fourth-order valence-corrected chi connectivity index (χ4v) is 3.41. The molecule has 1 atom stereocenters. The minimum absolute atomic E-state index is 0. The molecule has 0 spiro atoms. The van der Waals surface area contributed by atoms with E-state index in [2.05, 4.69) is 39.9 Å². The van der Waals surface area contributed by atoms with Crippen molar-refractivity contribution in [1.82, 2.24) is 15.5 Å². The molecule has 3 rings (SSSR count). The second-order valence-corrected chi connectivity index (χ2v) is 7.86. The maximum Gasteiger partial charge on any atom is 0.222 e. The van der Waals surface area contributed by atoms with Gasteiger partial charge >= 0.3 is 0 Å². The molecule has 168 valence electrons. The molecular formula is C23H30ClIN4O2. The van der Waals surface area contributed by atoms with Gasteiger partial charge in [-0.1, -0.05) is 35.9 Å². The van der Waals surface area contributed by atoms with Crippen molar-refractivity contribution >= 4 is 47.4 Å². The lowest BCUT2D eigenvalue weighted by Gasteiger charge is -2.18. The minimum Gasteiger partial charge on any atom is -0.489 e. The van der Waals surface area contributed by atoms with Crippen molar-refractivity contribution in [2.75, 3.05) is 20.1 Å². The number of carbonyl (C=O) groups excluding carboxylic acids is 1. The Morgan fingerprint density at radius 2 is 1.81 bits per heavy atom. The minimum atomic E-state index is -0.0303. The number of nitrogens with zero attached hydrogens (tertiary/aromatic N) is 2. The normalized spacial score (nSPS) is 14.7. The summed E-state index contributed by atoms with van der Waals surface area (Å²) in [5.74, 6) is 1.76. The maximum atomic E-state index is 11.8. The highest BCUT2D eigenvalue weighted by molar-refractivity contribution is 14.0. The Morgan fingerprint density at radius 3 is 2.42 bits per heavy atom. The lowest BCUT2D eigenvalue weighted by Crippen LogP contribution is -2.41. The van der Waals surface area contributed by atoms with Gasteiger partial charge in [0.1, 0.15) is 11.9 Å². The standard InChI is InChI=1S/C23H29ClN4O2.HI/c1-17(30-21-11-9-20(24)10-12-21)14-26-23(25-2)27-15-18-5-7-19(8-6-18)16-28-13-3-4-22(28)29;/h5-12,17H,3-4,13-16H2,1-2H3,(H2,25,26,27);1H. The zero-order valence-corrected chi connectivity index (χ0v) is 21.0. The van der Waals surface area contributed by atoms with Crippen LogP contribution in [0.25, 0.3) is 0 Å². The molecule has 0 aromatic heterocycles. The summed E-state index contributed by atoms with van der Waals surface area (Å²) in [6.45, 7) is 4.84. The zero-order chi connectivity index (χ0) is 21.3. The first kappa shape index (κ1) is 25.3. The van der Waals surface area contributed by atoms with Gasteiger partial charge in [-0.15, -0.1) is 24.0 Å². The molecule has 0 aliphatic carbocycles. The first-order valence-electron chi connectivity index (χ1n) is 10.3.